The minimum absolute atomic E-state index is 0.209. The number of hydrogen-bond acceptors (Lipinski definition) is 7. The first-order valence-corrected chi connectivity index (χ1v) is 7.10. The molecule has 0 amide bonds. The van der Waals surface area contributed by atoms with Crippen LogP contribution in [0.15, 0.2) is 0 Å². The highest BCUT2D eigenvalue weighted by Gasteiger charge is 1.92. The van der Waals surface area contributed by atoms with Crippen molar-refractivity contribution in [3.63, 3.8) is 0 Å². The molecule has 5 nitrogen and oxygen atoms in total. The molecular formula is C8H18O5S2. The average molecular weight is 258 g/mol. The quantitative estimate of drug-likeness (QED) is 0.297. The minimum atomic E-state index is -0.251. The average Bonchev–Trinajstić information content (AvgIpc) is 2.26. The number of hydrogen-bond donors (Lipinski definition) is 2. The predicted molar refractivity (Wildman–Crippen MR) is 61.8 cm³/mol. The molecule has 15 heavy (non-hydrogen) atoms. The maximum atomic E-state index is 8.32. The molecule has 92 valence electrons. The van der Waals surface area contributed by atoms with Gasteiger partial charge in [-0.1, -0.05) is 21.6 Å². The molecule has 0 aromatic rings. The third-order valence-corrected chi connectivity index (χ3v) is 3.59. The van der Waals surface area contributed by atoms with Crippen molar-refractivity contribution in [1.29, 1.82) is 0 Å². The summed E-state index contributed by atoms with van der Waals surface area (Å²) in [7, 11) is 3.40. The van der Waals surface area contributed by atoms with Crippen LogP contribution in [-0.4, -0.2) is 61.7 Å². The van der Waals surface area contributed by atoms with Crippen LogP contribution in [0.4, 0.5) is 0 Å². The van der Waals surface area contributed by atoms with Crippen molar-refractivity contribution < 1.29 is 24.4 Å². The van der Waals surface area contributed by atoms with Crippen LogP contribution in [0.5, 0.6) is 0 Å². The van der Waals surface area contributed by atoms with Crippen molar-refractivity contribution in [3.05, 3.63) is 0 Å². The van der Waals surface area contributed by atoms with E-state index in [0.29, 0.717) is 26.4 Å². The van der Waals surface area contributed by atoms with E-state index in [0.717, 1.165) is 11.5 Å². The highest BCUT2D eigenvalue weighted by atomic mass is 33.1. The Labute approximate surface area is 97.9 Å². The molecule has 0 radical (unpaired) electrons. The van der Waals surface area contributed by atoms with Gasteiger partial charge in [0.15, 0.2) is 0 Å². The van der Waals surface area contributed by atoms with Crippen LogP contribution in [0, 0.1) is 0 Å². The van der Waals surface area contributed by atoms with Gasteiger partial charge in [0.25, 0.3) is 0 Å². The molecule has 0 aliphatic heterocycles. The second-order valence-electron chi connectivity index (χ2n) is 2.33. The van der Waals surface area contributed by atoms with E-state index in [1.165, 1.54) is 0 Å². The Bertz CT molecular complexity index is 105. The van der Waals surface area contributed by atoms with Crippen molar-refractivity contribution >= 4 is 21.6 Å². The molecule has 0 aromatic heterocycles. The molecule has 0 aliphatic rings. The zero-order valence-corrected chi connectivity index (χ0v) is 10.2. The highest BCUT2D eigenvalue weighted by Crippen LogP contribution is 2.19. The van der Waals surface area contributed by atoms with E-state index >= 15 is 0 Å². The Kier molecular flexibility index (Phi) is 15.0. The number of ether oxygens (including phenoxy) is 3. The van der Waals surface area contributed by atoms with E-state index in [9.17, 15) is 0 Å². The topological polar surface area (TPSA) is 68.2 Å². The standard InChI is InChI=1S/C8H18O5S2/c9-7-12-2-1-11-3-5-14-15-6-4-13-8-10/h9-10H,1-8H2. The van der Waals surface area contributed by atoms with E-state index in [2.05, 4.69) is 4.74 Å². The molecule has 0 bridgehead atoms. The Hall–Kier alpha value is 0.500. The fraction of sp³-hybridized carbons (Fsp3) is 1.00. The molecule has 0 fully saturated rings. The van der Waals surface area contributed by atoms with Gasteiger partial charge in [0.2, 0.25) is 0 Å². The van der Waals surface area contributed by atoms with Crippen molar-refractivity contribution in [3.8, 4) is 0 Å². The Morgan fingerprint density at radius 2 is 1.13 bits per heavy atom. The lowest BCUT2D eigenvalue weighted by Crippen LogP contribution is -2.06. The first-order valence-electron chi connectivity index (χ1n) is 4.61. The molecular weight excluding hydrogens is 240 g/mol. The van der Waals surface area contributed by atoms with Crippen molar-refractivity contribution in [2.45, 2.75) is 0 Å². The van der Waals surface area contributed by atoms with Gasteiger partial charge in [0, 0.05) is 11.5 Å². The molecule has 0 atom stereocenters. The second kappa shape index (κ2) is 14.5. The van der Waals surface area contributed by atoms with Gasteiger partial charge in [-0.15, -0.1) is 0 Å². The summed E-state index contributed by atoms with van der Waals surface area (Å²) in [5.41, 5.74) is 0. The van der Waals surface area contributed by atoms with E-state index in [1.807, 2.05) is 0 Å². The monoisotopic (exact) mass is 258 g/mol. The number of aliphatic hydroxyl groups excluding tert-OH is 2. The smallest absolute Gasteiger partial charge is 0.143 e. The van der Waals surface area contributed by atoms with E-state index in [-0.39, 0.29) is 13.6 Å². The summed E-state index contributed by atoms with van der Waals surface area (Å²) in [6.45, 7) is 1.72. The summed E-state index contributed by atoms with van der Waals surface area (Å²) in [4.78, 5) is 0. The van der Waals surface area contributed by atoms with Gasteiger partial charge in [0.1, 0.15) is 13.6 Å². The van der Waals surface area contributed by atoms with Crippen LogP contribution in [0.25, 0.3) is 0 Å². The zero-order valence-electron chi connectivity index (χ0n) is 8.59. The maximum Gasteiger partial charge on any atom is 0.143 e. The van der Waals surface area contributed by atoms with Gasteiger partial charge < -0.3 is 24.4 Å². The van der Waals surface area contributed by atoms with E-state index < -0.39 is 0 Å². The van der Waals surface area contributed by atoms with Crippen LogP contribution < -0.4 is 0 Å². The van der Waals surface area contributed by atoms with E-state index in [4.69, 9.17) is 19.7 Å². The summed E-state index contributed by atoms with van der Waals surface area (Å²) in [6, 6.07) is 0. The van der Waals surface area contributed by atoms with Gasteiger partial charge in [-0.25, -0.2) is 0 Å². The third kappa shape index (κ3) is 14.5. The maximum absolute atomic E-state index is 8.32. The lowest BCUT2D eigenvalue weighted by atomic mass is 10.7. The lowest BCUT2D eigenvalue weighted by Gasteiger charge is -2.03. The number of aliphatic hydroxyl groups is 2. The number of rotatable bonds is 12. The van der Waals surface area contributed by atoms with Crippen molar-refractivity contribution in [2.75, 3.05) is 51.5 Å². The normalized spacial score (nSPS) is 10.8. The summed E-state index contributed by atoms with van der Waals surface area (Å²) >= 11 is 0. The van der Waals surface area contributed by atoms with Gasteiger partial charge in [-0.2, -0.15) is 0 Å². The van der Waals surface area contributed by atoms with Crippen LogP contribution in [0.1, 0.15) is 0 Å². The molecule has 0 heterocycles. The molecule has 0 saturated heterocycles. The molecule has 7 heteroatoms. The molecule has 0 rings (SSSR count). The first kappa shape index (κ1) is 15.5. The molecule has 0 unspecified atom stereocenters. The summed E-state index contributed by atoms with van der Waals surface area (Å²) in [6.07, 6.45) is 0. The van der Waals surface area contributed by atoms with Gasteiger partial charge in [0.05, 0.1) is 26.4 Å². The Morgan fingerprint density at radius 3 is 1.73 bits per heavy atom. The first-order chi connectivity index (χ1) is 7.41. The fourth-order valence-electron chi connectivity index (χ4n) is 0.653. The summed E-state index contributed by atoms with van der Waals surface area (Å²) in [5, 5.41) is 16.6. The van der Waals surface area contributed by atoms with Crippen molar-refractivity contribution in [1.82, 2.24) is 0 Å². The van der Waals surface area contributed by atoms with Crippen LogP contribution in [-0.2, 0) is 14.2 Å². The van der Waals surface area contributed by atoms with Gasteiger partial charge >= 0.3 is 0 Å². The van der Waals surface area contributed by atoms with Gasteiger partial charge in [-0.3, -0.25) is 0 Å². The summed E-state index contributed by atoms with van der Waals surface area (Å²) in [5.74, 6) is 1.77. The predicted octanol–water partition coefficient (Wildman–Crippen LogP) is 0.317. The minimum Gasteiger partial charge on any atom is -0.378 e. The SMILES string of the molecule is OCOCCOCCSSCCOCO. The molecule has 0 spiro atoms. The van der Waals surface area contributed by atoms with Crippen LogP contribution in [0.2, 0.25) is 0 Å². The molecule has 2 N–H and O–H groups in total. The molecule has 0 aromatic carbocycles. The third-order valence-electron chi connectivity index (χ3n) is 1.26. The van der Waals surface area contributed by atoms with E-state index in [1.54, 1.807) is 21.6 Å². The highest BCUT2D eigenvalue weighted by molar-refractivity contribution is 8.76. The Morgan fingerprint density at radius 1 is 0.667 bits per heavy atom. The molecule has 0 aliphatic carbocycles. The Balaban J connectivity index is 2.81. The lowest BCUT2D eigenvalue weighted by molar-refractivity contribution is -0.0273. The fourth-order valence-corrected chi connectivity index (χ4v) is 2.38. The van der Waals surface area contributed by atoms with Gasteiger partial charge in [-0.05, 0) is 0 Å². The van der Waals surface area contributed by atoms with Crippen LogP contribution >= 0.6 is 21.6 Å². The zero-order chi connectivity index (χ0) is 11.2. The largest absolute Gasteiger partial charge is 0.378 e. The van der Waals surface area contributed by atoms with Crippen molar-refractivity contribution in [2.24, 2.45) is 0 Å². The summed E-state index contributed by atoms with van der Waals surface area (Å²) < 4.78 is 14.7. The molecule has 0 saturated carbocycles. The van der Waals surface area contributed by atoms with Crippen LogP contribution in [0.3, 0.4) is 0 Å². The second-order valence-corrected chi connectivity index (χ2v) is 5.03.